The van der Waals surface area contributed by atoms with Crippen molar-refractivity contribution in [3.8, 4) is 0 Å². The Labute approximate surface area is 142 Å². The molecular formula is C17H29F2N3O2. The molecule has 1 aliphatic carbocycles. The first-order chi connectivity index (χ1) is 11.1. The maximum Gasteiger partial charge on any atom is 0.267 e. The highest BCUT2D eigenvalue weighted by atomic mass is 19.3. The summed E-state index contributed by atoms with van der Waals surface area (Å²) < 4.78 is 26.6. The number of hydrogen-bond donors (Lipinski definition) is 1. The number of carbonyl (C=O) groups excluding carboxylic acids is 2. The predicted molar refractivity (Wildman–Crippen MR) is 87.5 cm³/mol. The topological polar surface area (TPSA) is 66.6 Å². The van der Waals surface area contributed by atoms with Crippen LogP contribution in [-0.2, 0) is 9.59 Å². The van der Waals surface area contributed by atoms with Crippen LogP contribution in [0.4, 0.5) is 8.78 Å². The molecule has 1 saturated carbocycles. The van der Waals surface area contributed by atoms with Crippen LogP contribution in [-0.4, -0.2) is 59.8 Å². The SMILES string of the molecule is CC(=O)N(C)C1CCC([C@H](C)C(N)C(=O)N2CCC(F)(F)C2)CC1. The Bertz CT molecular complexity index is 478. The highest BCUT2D eigenvalue weighted by Crippen LogP contribution is 2.34. The molecule has 1 aliphatic heterocycles. The van der Waals surface area contributed by atoms with E-state index in [1.807, 2.05) is 14.0 Å². The quantitative estimate of drug-likeness (QED) is 0.846. The van der Waals surface area contributed by atoms with E-state index in [9.17, 15) is 18.4 Å². The van der Waals surface area contributed by atoms with Crippen LogP contribution in [0.25, 0.3) is 0 Å². The molecule has 2 amide bonds. The Morgan fingerprint density at radius 3 is 2.29 bits per heavy atom. The van der Waals surface area contributed by atoms with Crippen molar-refractivity contribution in [1.29, 1.82) is 0 Å². The van der Waals surface area contributed by atoms with Crippen LogP contribution in [0.1, 0.15) is 46.0 Å². The first-order valence-corrected chi connectivity index (χ1v) is 8.78. The van der Waals surface area contributed by atoms with Crippen LogP contribution in [0.2, 0.25) is 0 Å². The number of halogens is 2. The van der Waals surface area contributed by atoms with Gasteiger partial charge in [-0.25, -0.2) is 8.78 Å². The van der Waals surface area contributed by atoms with Crippen molar-refractivity contribution in [2.45, 2.75) is 64.0 Å². The van der Waals surface area contributed by atoms with Gasteiger partial charge in [-0.3, -0.25) is 9.59 Å². The minimum Gasteiger partial charge on any atom is -0.343 e. The summed E-state index contributed by atoms with van der Waals surface area (Å²) >= 11 is 0. The summed E-state index contributed by atoms with van der Waals surface area (Å²) in [4.78, 5) is 26.8. The lowest BCUT2D eigenvalue weighted by Gasteiger charge is -2.38. The van der Waals surface area contributed by atoms with Gasteiger partial charge < -0.3 is 15.5 Å². The number of nitrogens with two attached hydrogens (primary N) is 1. The van der Waals surface area contributed by atoms with Gasteiger partial charge in [-0.05, 0) is 37.5 Å². The molecule has 24 heavy (non-hydrogen) atoms. The molecule has 1 unspecified atom stereocenters. The third-order valence-electron chi connectivity index (χ3n) is 5.86. The van der Waals surface area contributed by atoms with E-state index in [-0.39, 0.29) is 36.7 Å². The molecule has 0 aromatic heterocycles. The summed E-state index contributed by atoms with van der Waals surface area (Å²) in [5, 5.41) is 0. The van der Waals surface area contributed by atoms with Gasteiger partial charge in [0.1, 0.15) is 0 Å². The standard InChI is InChI=1S/C17H29F2N3O2/c1-11(13-4-6-14(7-5-13)21(3)12(2)23)15(20)16(24)22-9-8-17(18,19)10-22/h11,13-15H,4-10,20H2,1-3H3/t11-,13?,14?,15?/m0/s1. The Hall–Kier alpha value is -1.24. The summed E-state index contributed by atoms with van der Waals surface area (Å²) in [6.45, 7) is 3.08. The van der Waals surface area contributed by atoms with Crippen molar-refractivity contribution in [3.63, 3.8) is 0 Å². The van der Waals surface area contributed by atoms with Crippen molar-refractivity contribution >= 4 is 11.8 Å². The van der Waals surface area contributed by atoms with E-state index in [0.717, 1.165) is 25.7 Å². The number of rotatable bonds is 4. The summed E-state index contributed by atoms with van der Waals surface area (Å²) in [6, 6.07) is -0.485. The van der Waals surface area contributed by atoms with Gasteiger partial charge in [-0.2, -0.15) is 0 Å². The molecule has 0 radical (unpaired) electrons. The van der Waals surface area contributed by atoms with Crippen molar-refractivity contribution < 1.29 is 18.4 Å². The van der Waals surface area contributed by atoms with Gasteiger partial charge in [-0.15, -0.1) is 0 Å². The normalized spacial score (nSPS) is 29.2. The van der Waals surface area contributed by atoms with Crippen LogP contribution in [0.15, 0.2) is 0 Å². The second kappa shape index (κ2) is 7.33. The van der Waals surface area contributed by atoms with E-state index in [0.29, 0.717) is 5.92 Å². The van der Waals surface area contributed by atoms with E-state index in [1.165, 1.54) is 4.90 Å². The molecule has 2 N–H and O–H groups in total. The zero-order valence-corrected chi connectivity index (χ0v) is 14.8. The molecule has 7 heteroatoms. The molecule has 5 nitrogen and oxygen atoms in total. The Kier molecular flexibility index (Phi) is 5.83. The van der Waals surface area contributed by atoms with E-state index in [1.54, 1.807) is 11.8 Å². The molecule has 0 aromatic rings. The van der Waals surface area contributed by atoms with Crippen LogP contribution in [0.5, 0.6) is 0 Å². The second-order valence-electron chi connectivity index (χ2n) is 7.45. The third kappa shape index (κ3) is 4.23. The maximum atomic E-state index is 13.3. The Balaban J connectivity index is 1.87. The van der Waals surface area contributed by atoms with E-state index >= 15 is 0 Å². The summed E-state index contributed by atoms with van der Waals surface area (Å²) in [5.41, 5.74) is 6.10. The van der Waals surface area contributed by atoms with Crippen molar-refractivity contribution in [1.82, 2.24) is 9.80 Å². The van der Waals surface area contributed by atoms with Crippen molar-refractivity contribution in [2.24, 2.45) is 17.6 Å². The molecule has 2 atom stereocenters. The van der Waals surface area contributed by atoms with Gasteiger partial charge in [0.2, 0.25) is 11.8 Å². The first kappa shape index (κ1) is 19.1. The van der Waals surface area contributed by atoms with E-state index in [2.05, 4.69) is 0 Å². The monoisotopic (exact) mass is 345 g/mol. The van der Waals surface area contributed by atoms with E-state index < -0.39 is 18.5 Å². The average Bonchev–Trinajstić information content (AvgIpc) is 2.92. The molecular weight excluding hydrogens is 316 g/mol. The third-order valence-corrected chi connectivity index (χ3v) is 5.86. The minimum atomic E-state index is -2.78. The van der Waals surface area contributed by atoms with Crippen LogP contribution in [0.3, 0.4) is 0 Å². The molecule has 1 heterocycles. The Morgan fingerprint density at radius 1 is 1.25 bits per heavy atom. The van der Waals surface area contributed by atoms with Gasteiger partial charge >= 0.3 is 0 Å². The molecule has 0 aromatic carbocycles. The smallest absolute Gasteiger partial charge is 0.267 e. The van der Waals surface area contributed by atoms with Crippen molar-refractivity contribution in [3.05, 3.63) is 0 Å². The molecule has 2 fully saturated rings. The summed E-state index contributed by atoms with van der Waals surface area (Å²) in [5.74, 6) is -2.83. The number of hydrogen-bond acceptors (Lipinski definition) is 3. The fourth-order valence-corrected chi connectivity index (χ4v) is 3.92. The largest absolute Gasteiger partial charge is 0.343 e. The molecule has 2 rings (SSSR count). The highest BCUT2D eigenvalue weighted by molar-refractivity contribution is 5.82. The Morgan fingerprint density at radius 2 is 1.83 bits per heavy atom. The predicted octanol–water partition coefficient (Wildman–Crippen LogP) is 1.85. The van der Waals surface area contributed by atoms with Crippen LogP contribution < -0.4 is 5.73 Å². The molecule has 138 valence electrons. The highest BCUT2D eigenvalue weighted by Gasteiger charge is 2.43. The van der Waals surface area contributed by atoms with Gasteiger partial charge in [0, 0.05) is 33.0 Å². The lowest BCUT2D eigenvalue weighted by Crippen LogP contribution is -2.49. The fourth-order valence-electron chi connectivity index (χ4n) is 3.92. The van der Waals surface area contributed by atoms with Crippen LogP contribution in [0, 0.1) is 11.8 Å². The number of carbonyl (C=O) groups is 2. The van der Waals surface area contributed by atoms with Crippen LogP contribution >= 0.6 is 0 Å². The number of likely N-dealkylation sites (tertiary alicyclic amines) is 1. The number of nitrogens with zero attached hydrogens (tertiary/aromatic N) is 2. The molecule has 0 bridgehead atoms. The van der Waals surface area contributed by atoms with Crippen molar-refractivity contribution in [2.75, 3.05) is 20.1 Å². The number of alkyl halides is 2. The van der Waals surface area contributed by atoms with Gasteiger partial charge in [0.15, 0.2) is 0 Å². The molecule has 0 spiro atoms. The second-order valence-corrected chi connectivity index (χ2v) is 7.45. The molecule has 1 saturated heterocycles. The van der Waals surface area contributed by atoms with E-state index in [4.69, 9.17) is 5.73 Å². The number of amides is 2. The first-order valence-electron chi connectivity index (χ1n) is 8.78. The molecule has 2 aliphatic rings. The van der Waals surface area contributed by atoms with Gasteiger partial charge in [-0.1, -0.05) is 6.92 Å². The summed E-state index contributed by atoms with van der Waals surface area (Å²) in [6.07, 6.45) is 3.32. The zero-order chi connectivity index (χ0) is 18.1. The maximum absolute atomic E-state index is 13.3. The minimum absolute atomic E-state index is 0.0460. The lowest BCUT2D eigenvalue weighted by atomic mass is 9.75. The fraction of sp³-hybridized carbons (Fsp3) is 0.882. The van der Waals surface area contributed by atoms with Gasteiger partial charge in [0.05, 0.1) is 12.6 Å². The zero-order valence-electron chi connectivity index (χ0n) is 14.8. The average molecular weight is 345 g/mol. The lowest BCUT2D eigenvalue weighted by molar-refractivity contribution is -0.134. The van der Waals surface area contributed by atoms with Gasteiger partial charge in [0.25, 0.3) is 5.92 Å². The summed E-state index contributed by atoms with van der Waals surface area (Å²) in [7, 11) is 1.82.